The molecule has 0 radical (unpaired) electrons. The van der Waals surface area contributed by atoms with Crippen LogP contribution >= 0.6 is 23.2 Å². The van der Waals surface area contributed by atoms with Crippen molar-refractivity contribution in [2.24, 2.45) is 0 Å². The lowest BCUT2D eigenvalue weighted by Gasteiger charge is -2.06. The molecular formula is C12H15Cl2NO2. The molecule has 0 aliphatic rings. The molecule has 0 aliphatic carbocycles. The maximum Gasteiger partial charge on any atom is 0.220 e. The highest BCUT2D eigenvalue weighted by Crippen LogP contribution is 2.26. The Bertz CT molecular complexity index is 383. The minimum Gasteiger partial charge on any atom is -0.396 e. The second-order valence-corrected chi connectivity index (χ2v) is 4.43. The topological polar surface area (TPSA) is 49.3 Å². The molecule has 0 saturated carbocycles. The van der Waals surface area contributed by atoms with Gasteiger partial charge in [-0.25, -0.2) is 0 Å². The summed E-state index contributed by atoms with van der Waals surface area (Å²) in [7, 11) is 0. The number of halogens is 2. The standard InChI is InChI=1S/C12H15Cl2NO2/c13-10-4-1-3-9(12(10)14)5-6-11(17)15-7-2-8-16/h1,3-4,16H,2,5-8H2,(H,15,17). The van der Waals surface area contributed by atoms with Crippen LogP contribution in [-0.2, 0) is 11.2 Å². The van der Waals surface area contributed by atoms with Crippen LogP contribution in [0.5, 0.6) is 0 Å². The zero-order valence-corrected chi connectivity index (χ0v) is 10.9. The predicted octanol–water partition coefficient (Wildman–Crippen LogP) is 2.42. The highest BCUT2D eigenvalue weighted by atomic mass is 35.5. The Labute approximate surface area is 111 Å². The highest BCUT2D eigenvalue weighted by molar-refractivity contribution is 6.42. The van der Waals surface area contributed by atoms with Gasteiger partial charge in [-0.05, 0) is 24.5 Å². The van der Waals surface area contributed by atoms with E-state index in [9.17, 15) is 4.79 Å². The molecular weight excluding hydrogens is 261 g/mol. The molecule has 2 N–H and O–H groups in total. The second kappa shape index (κ2) is 7.54. The SMILES string of the molecule is O=C(CCc1cccc(Cl)c1Cl)NCCCO. The molecule has 0 heterocycles. The molecule has 1 aromatic rings. The number of carbonyl (C=O) groups is 1. The Hall–Kier alpha value is -0.770. The average Bonchev–Trinajstić information content (AvgIpc) is 2.31. The summed E-state index contributed by atoms with van der Waals surface area (Å²) in [6, 6.07) is 5.39. The van der Waals surface area contributed by atoms with Crippen LogP contribution in [0.15, 0.2) is 18.2 Å². The lowest BCUT2D eigenvalue weighted by molar-refractivity contribution is -0.121. The van der Waals surface area contributed by atoms with E-state index >= 15 is 0 Å². The summed E-state index contributed by atoms with van der Waals surface area (Å²) in [4.78, 5) is 11.4. The van der Waals surface area contributed by atoms with Gasteiger partial charge in [0.05, 0.1) is 10.0 Å². The summed E-state index contributed by atoms with van der Waals surface area (Å²) in [5.41, 5.74) is 0.872. The average molecular weight is 276 g/mol. The van der Waals surface area contributed by atoms with Gasteiger partial charge >= 0.3 is 0 Å². The van der Waals surface area contributed by atoms with Crippen molar-refractivity contribution in [3.63, 3.8) is 0 Å². The summed E-state index contributed by atoms with van der Waals surface area (Å²) in [5.74, 6) is -0.0468. The van der Waals surface area contributed by atoms with Crippen LogP contribution in [0.1, 0.15) is 18.4 Å². The minimum absolute atomic E-state index is 0.0468. The first kappa shape index (κ1) is 14.3. The first-order valence-corrected chi connectivity index (χ1v) is 6.21. The molecule has 94 valence electrons. The summed E-state index contributed by atoms with van der Waals surface area (Å²) < 4.78 is 0. The third-order valence-electron chi connectivity index (χ3n) is 2.31. The van der Waals surface area contributed by atoms with Crippen molar-refractivity contribution < 1.29 is 9.90 Å². The van der Waals surface area contributed by atoms with Gasteiger partial charge in [-0.1, -0.05) is 35.3 Å². The maximum atomic E-state index is 11.4. The molecule has 1 aromatic carbocycles. The molecule has 1 amide bonds. The summed E-state index contributed by atoms with van der Waals surface area (Å²) in [6.07, 6.45) is 1.50. The Morgan fingerprint density at radius 1 is 1.35 bits per heavy atom. The van der Waals surface area contributed by atoms with Gasteiger partial charge in [0.2, 0.25) is 5.91 Å². The zero-order valence-electron chi connectivity index (χ0n) is 9.38. The van der Waals surface area contributed by atoms with E-state index in [0.717, 1.165) is 5.56 Å². The number of rotatable bonds is 6. The largest absolute Gasteiger partial charge is 0.396 e. The van der Waals surface area contributed by atoms with E-state index in [4.69, 9.17) is 28.3 Å². The molecule has 0 atom stereocenters. The number of hydrogen-bond donors (Lipinski definition) is 2. The second-order valence-electron chi connectivity index (χ2n) is 3.64. The number of benzene rings is 1. The van der Waals surface area contributed by atoms with Gasteiger partial charge in [-0.15, -0.1) is 0 Å². The maximum absolute atomic E-state index is 11.4. The number of aliphatic hydroxyl groups excluding tert-OH is 1. The smallest absolute Gasteiger partial charge is 0.220 e. The monoisotopic (exact) mass is 275 g/mol. The van der Waals surface area contributed by atoms with Gasteiger partial charge in [0.25, 0.3) is 0 Å². The van der Waals surface area contributed by atoms with Crippen LogP contribution in [0.2, 0.25) is 10.0 Å². The van der Waals surface area contributed by atoms with E-state index in [-0.39, 0.29) is 12.5 Å². The van der Waals surface area contributed by atoms with E-state index in [1.54, 1.807) is 6.07 Å². The first-order valence-electron chi connectivity index (χ1n) is 5.45. The number of amides is 1. The lowest BCUT2D eigenvalue weighted by Crippen LogP contribution is -2.25. The van der Waals surface area contributed by atoms with Crippen LogP contribution in [0.25, 0.3) is 0 Å². The fourth-order valence-electron chi connectivity index (χ4n) is 1.38. The van der Waals surface area contributed by atoms with E-state index in [1.807, 2.05) is 12.1 Å². The molecule has 3 nitrogen and oxygen atoms in total. The molecule has 0 bridgehead atoms. The number of aliphatic hydroxyl groups is 1. The third-order valence-corrected chi connectivity index (χ3v) is 3.17. The lowest BCUT2D eigenvalue weighted by atomic mass is 10.1. The quantitative estimate of drug-likeness (QED) is 0.784. The third kappa shape index (κ3) is 4.94. The molecule has 0 fully saturated rings. The molecule has 17 heavy (non-hydrogen) atoms. The van der Waals surface area contributed by atoms with Crippen molar-refractivity contribution in [1.82, 2.24) is 5.32 Å². The van der Waals surface area contributed by atoms with Gasteiger partial charge < -0.3 is 10.4 Å². The van der Waals surface area contributed by atoms with E-state index in [1.165, 1.54) is 0 Å². The normalized spacial score (nSPS) is 10.3. The van der Waals surface area contributed by atoms with Gasteiger partial charge in [0.15, 0.2) is 0 Å². The van der Waals surface area contributed by atoms with Crippen molar-refractivity contribution >= 4 is 29.1 Å². The van der Waals surface area contributed by atoms with Crippen LogP contribution < -0.4 is 5.32 Å². The summed E-state index contributed by atoms with van der Waals surface area (Å²) in [5, 5.41) is 12.3. The molecule has 1 rings (SSSR count). The fourth-order valence-corrected chi connectivity index (χ4v) is 1.80. The predicted molar refractivity (Wildman–Crippen MR) is 69.5 cm³/mol. The van der Waals surface area contributed by atoms with Gasteiger partial charge in [-0.3, -0.25) is 4.79 Å². The van der Waals surface area contributed by atoms with Crippen LogP contribution in [0.4, 0.5) is 0 Å². The van der Waals surface area contributed by atoms with Crippen LogP contribution in [0.3, 0.4) is 0 Å². The Morgan fingerprint density at radius 2 is 2.12 bits per heavy atom. The van der Waals surface area contributed by atoms with E-state index in [0.29, 0.717) is 35.9 Å². The Morgan fingerprint density at radius 3 is 2.82 bits per heavy atom. The van der Waals surface area contributed by atoms with Crippen molar-refractivity contribution in [1.29, 1.82) is 0 Å². The van der Waals surface area contributed by atoms with Crippen LogP contribution in [0, 0.1) is 0 Å². The van der Waals surface area contributed by atoms with Crippen molar-refractivity contribution in [2.75, 3.05) is 13.2 Å². The van der Waals surface area contributed by atoms with Crippen LogP contribution in [-0.4, -0.2) is 24.2 Å². The van der Waals surface area contributed by atoms with Crippen molar-refractivity contribution in [3.8, 4) is 0 Å². The number of carbonyl (C=O) groups excluding carboxylic acids is 1. The van der Waals surface area contributed by atoms with Crippen molar-refractivity contribution in [2.45, 2.75) is 19.3 Å². The van der Waals surface area contributed by atoms with Gasteiger partial charge in [0, 0.05) is 19.6 Å². The molecule has 0 unspecified atom stereocenters. The Balaban J connectivity index is 2.39. The highest BCUT2D eigenvalue weighted by Gasteiger charge is 2.06. The number of aryl methyl sites for hydroxylation is 1. The van der Waals surface area contributed by atoms with E-state index < -0.39 is 0 Å². The van der Waals surface area contributed by atoms with Crippen molar-refractivity contribution in [3.05, 3.63) is 33.8 Å². The Kier molecular flexibility index (Phi) is 6.34. The fraction of sp³-hybridized carbons (Fsp3) is 0.417. The minimum atomic E-state index is -0.0468. The van der Waals surface area contributed by atoms with Gasteiger partial charge in [-0.2, -0.15) is 0 Å². The zero-order chi connectivity index (χ0) is 12.7. The summed E-state index contributed by atoms with van der Waals surface area (Å²) >= 11 is 11.9. The van der Waals surface area contributed by atoms with E-state index in [2.05, 4.69) is 5.32 Å². The summed E-state index contributed by atoms with van der Waals surface area (Å²) in [6.45, 7) is 0.582. The molecule has 5 heteroatoms. The molecule has 0 aliphatic heterocycles. The molecule has 0 aromatic heterocycles. The molecule has 0 saturated heterocycles. The first-order chi connectivity index (χ1) is 8.15. The number of nitrogens with one attached hydrogen (secondary N) is 1. The number of hydrogen-bond acceptors (Lipinski definition) is 2. The van der Waals surface area contributed by atoms with Gasteiger partial charge in [0.1, 0.15) is 0 Å². The molecule has 0 spiro atoms.